The number of hydrogen-bond donors (Lipinski definition) is 1. The van der Waals surface area contributed by atoms with E-state index in [1.807, 2.05) is 19.2 Å². The molecule has 0 saturated heterocycles. The van der Waals surface area contributed by atoms with Crippen molar-refractivity contribution in [1.29, 1.82) is 0 Å². The minimum absolute atomic E-state index is 0.417. The van der Waals surface area contributed by atoms with Crippen LogP contribution in [-0.4, -0.2) is 13.1 Å². The van der Waals surface area contributed by atoms with E-state index in [1.54, 1.807) is 0 Å². The third-order valence-electron chi connectivity index (χ3n) is 3.87. The Kier molecular flexibility index (Phi) is 5.63. The van der Waals surface area contributed by atoms with E-state index >= 15 is 0 Å². The quantitative estimate of drug-likeness (QED) is 0.814. The minimum atomic E-state index is 0.417. The van der Waals surface area contributed by atoms with Crippen molar-refractivity contribution in [2.45, 2.75) is 31.7 Å². The molecule has 1 N–H and O–H groups in total. The van der Waals surface area contributed by atoms with Gasteiger partial charge in [0, 0.05) is 11.1 Å². The molecule has 0 saturated carbocycles. The van der Waals surface area contributed by atoms with Crippen molar-refractivity contribution in [1.82, 2.24) is 5.32 Å². The molecule has 0 aliphatic carbocycles. The Morgan fingerprint density at radius 1 is 1.05 bits per heavy atom. The number of benzene rings is 2. The molecule has 2 heteroatoms. The van der Waals surface area contributed by atoms with E-state index in [2.05, 4.69) is 54.7 Å². The third kappa shape index (κ3) is 3.84. The van der Waals surface area contributed by atoms with Crippen molar-refractivity contribution in [3.05, 3.63) is 70.7 Å². The Hall–Kier alpha value is -1.31. The number of hydrogen-bond acceptors (Lipinski definition) is 1. The van der Waals surface area contributed by atoms with E-state index in [0.29, 0.717) is 12.0 Å². The zero-order valence-corrected chi connectivity index (χ0v) is 12.9. The molecule has 2 unspecified atom stereocenters. The normalized spacial score (nSPS) is 13.9. The van der Waals surface area contributed by atoms with Gasteiger partial charge in [0.1, 0.15) is 0 Å². The molecule has 2 rings (SSSR count). The minimum Gasteiger partial charge on any atom is -0.316 e. The topological polar surface area (TPSA) is 12.0 Å². The largest absolute Gasteiger partial charge is 0.316 e. The lowest BCUT2D eigenvalue weighted by atomic mass is 9.86. The molecule has 2 aromatic carbocycles. The maximum atomic E-state index is 6.08. The zero-order chi connectivity index (χ0) is 14.4. The summed E-state index contributed by atoms with van der Waals surface area (Å²) in [7, 11) is 2.04. The molecule has 0 radical (unpaired) electrons. The SMILES string of the molecule is CCC(c1ccccc1)C(Cc1cccc(Cl)c1)NC. The van der Waals surface area contributed by atoms with Crippen LogP contribution in [0, 0.1) is 0 Å². The molecule has 0 bridgehead atoms. The average Bonchev–Trinajstić information content (AvgIpc) is 2.48. The first kappa shape index (κ1) is 15.1. The van der Waals surface area contributed by atoms with Crippen molar-refractivity contribution in [2.75, 3.05) is 7.05 Å². The average molecular weight is 288 g/mol. The van der Waals surface area contributed by atoms with Crippen LogP contribution in [0.3, 0.4) is 0 Å². The highest BCUT2D eigenvalue weighted by Gasteiger charge is 2.20. The van der Waals surface area contributed by atoms with Gasteiger partial charge in [-0.05, 0) is 49.1 Å². The lowest BCUT2D eigenvalue weighted by Crippen LogP contribution is -2.34. The Balaban J connectivity index is 2.18. The van der Waals surface area contributed by atoms with Crippen LogP contribution in [0.4, 0.5) is 0 Å². The van der Waals surface area contributed by atoms with Crippen molar-refractivity contribution >= 4 is 11.6 Å². The monoisotopic (exact) mass is 287 g/mol. The zero-order valence-electron chi connectivity index (χ0n) is 12.1. The Bertz CT molecular complexity index is 524. The second kappa shape index (κ2) is 7.47. The van der Waals surface area contributed by atoms with Gasteiger partial charge in [-0.25, -0.2) is 0 Å². The van der Waals surface area contributed by atoms with Gasteiger partial charge in [-0.15, -0.1) is 0 Å². The van der Waals surface area contributed by atoms with Gasteiger partial charge in [0.05, 0.1) is 0 Å². The molecule has 0 aromatic heterocycles. The second-order valence-electron chi connectivity index (χ2n) is 5.15. The number of halogens is 1. The first-order chi connectivity index (χ1) is 9.74. The summed E-state index contributed by atoms with van der Waals surface area (Å²) in [5.74, 6) is 0.514. The predicted molar refractivity (Wildman–Crippen MR) is 87.5 cm³/mol. The van der Waals surface area contributed by atoms with Gasteiger partial charge in [-0.2, -0.15) is 0 Å². The van der Waals surface area contributed by atoms with Crippen LogP contribution in [0.2, 0.25) is 5.02 Å². The maximum absolute atomic E-state index is 6.08. The molecule has 106 valence electrons. The van der Waals surface area contributed by atoms with Crippen LogP contribution in [0.25, 0.3) is 0 Å². The molecule has 0 fully saturated rings. The standard InChI is InChI=1S/C18H22ClN/c1-3-17(15-9-5-4-6-10-15)18(20-2)13-14-8-7-11-16(19)12-14/h4-12,17-18,20H,3,13H2,1-2H3. The fourth-order valence-corrected chi connectivity index (χ4v) is 3.03. The summed E-state index contributed by atoms with van der Waals surface area (Å²) in [5, 5.41) is 4.29. The lowest BCUT2D eigenvalue weighted by molar-refractivity contribution is 0.448. The highest BCUT2D eigenvalue weighted by atomic mass is 35.5. The van der Waals surface area contributed by atoms with Crippen molar-refractivity contribution in [2.24, 2.45) is 0 Å². The summed E-state index contributed by atoms with van der Waals surface area (Å²) in [5.41, 5.74) is 2.68. The van der Waals surface area contributed by atoms with Crippen LogP contribution in [0.5, 0.6) is 0 Å². The maximum Gasteiger partial charge on any atom is 0.0408 e. The van der Waals surface area contributed by atoms with Crippen LogP contribution >= 0.6 is 11.6 Å². The smallest absolute Gasteiger partial charge is 0.0408 e. The molecule has 0 aliphatic heterocycles. The molecule has 0 aliphatic rings. The van der Waals surface area contributed by atoms with Crippen LogP contribution in [0.1, 0.15) is 30.4 Å². The van der Waals surface area contributed by atoms with E-state index in [4.69, 9.17) is 11.6 Å². The summed E-state index contributed by atoms with van der Waals surface area (Å²) < 4.78 is 0. The molecule has 0 heterocycles. The number of nitrogens with one attached hydrogen (secondary N) is 1. The summed E-state index contributed by atoms with van der Waals surface area (Å²) in [6.45, 7) is 2.25. The van der Waals surface area contributed by atoms with Gasteiger partial charge >= 0.3 is 0 Å². The Morgan fingerprint density at radius 3 is 2.40 bits per heavy atom. The van der Waals surface area contributed by atoms with Gasteiger partial charge < -0.3 is 5.32 Å². The molecular weight excluding hydrogens is 266 g/mol. The summed E-state index contributed by atoms with van der Waals surface area (Å²) in [4.78, 5) is 0. The van der Waals surface area contributed by atoms with Gasteiger partial charge in [-0.1, -0.05) is 61.0 Å². The fraction of sp³-hybridized carbons (Fsp3) is 0.333. The van der Waals surface area contributed by atoms with E-state index in [0.717, 1.165) is 17.9 Å². The molecule has 2 aromatic rings. The van der Waals surface area contributed by atoms with Gasteiger partial charge in [-0.3, -0.25) is 0 Å². The fourth-order valence-electron chi connectivity index (χ4n) is 2.82. The predicted octanol–water partition coefficient (Wildman–Crippen LogP) is 4.66. The van der Waals surface area contributed by atoms with E-state index in [-0.39, 0.29) is 0 Å². The van der Waals surface area contributed by atoms with Crippen molar-refractivity contribution in [3.8, 4) is 0 Å². The van der Waals surface area contributed by atoms with Gasteiger partial charge in [0.2, 0.25) is 0 Å². The number of rotatable bonds is 6. The molecule has 20 heavy (non-hydrogen) atoms. The van der Waals surface area contributed by atoms with Crippen LogP contribution in [-0.2, 0) is 6.42 Å². The summed E-state index contributed by atoms with van der Waals surface area (Å²) >= 11 is 6.08. The third-order valence-corrected chi connectivity index (χ3v) is 4.10. The second-order valence-corrected chi connectivity index (χ2v) is 5.59. The highest BCUT2D eigenvalue weighted by Crippen LogP contribution is 2.26. The molecule has 2 atom stereocenters. The summed E-state index contributed by atoms with van der Waals surface area (Å²) in [6, 6.07) is 19.3. The van der Waals surface area contributed by atoms with Crippen LogP contribution in [0.15, 0.2) is 54.6 Å². The summed E-state index contributed by atoms with van der Waals surface area (Å²) in [6.07, 6.45) is 2.11. The molecule has 0 spiro atoms. The van der Waals surface area contributed by atoms with Crippen LogP contribution < -0.4 is 5.32 Å². The van der Waals surface area contributed by atoms with E-state index in [1.165, 1.54) is 11.1 Å². The molecule has 0 amide bonds. The Labute approximate surface area is 127 Å². The number of likely N-dealkylation sites (N-methyl/N-ethyl adjacent to an activating group) is 1. The van der Waals surface area contributed by atoms with Crippen molar-refractivity contribution < 1.29 is 0 Å². The first-order valence-electron chi connectivity index (χ1n) is 7.21. The molecule has 1 nitrogen and oxygen atoms in total. The molecular formula is C18H22ClN. The van der Waals surface area contributed by atoms with Crippen molar-refractivity contribution in [3.63, 3.8) is 0 Å². The van der Waals surface area contributed by atoms with Gasteiger partial charge in [0.15, 0.2) is 0 Å². The first-order valence-corrected chi connectivity index (χ1v) is 7.59. The Morgan fingerprint density at radius 2 is 1.80 bits per heavy atom. The highest BCUT2D eigenvalue weighted by molar-refractivity contribution is 6.30. The van der Waals surface area contributed by atoms with E-state index in [9.17, 15) is 0 Å². The van der Waals surface area contributed by atoms with E-state index < -0.39 is 0 Å². The van der Waals surface area contributed by atoms with Gasteiger partial charge in [0.25, 0.3) is 0 Å². The lowest BCUT2D eigenvalue weighted by Gasteiger charge is -2.26.